The minimum Gasteiger partial charge on any atom is -0.493 e. The SMILES string of the molecule is COc1ccc(C=C2NC(=O)N(c3ccccc3)C2=O)cc1OCc1ccccc1. The summed E-state index contributed by atoms with van der Waals surface area (Å²) < 4.78 is 11.3. The topological polar surface area (TPSA) is 67.9 Å². The van der Waals surface area contributed by atoms with Crippen LogP contribution in [-0.2, 0) is 11.4 Å². The molecule has 1 aliphatic heterocycles. The highest BCUT2D eigenvalue weighted by Crippen LogP contribution is 2.30. The average Bonchev–Trinajstić information content (AvgIpc) is 3.06. The molecule has 1 fully saturated rings. The molecule has 150 valence electrons. The molecule has 1 saturated heterocycles. The van der Waals surface area contributed by atoms with Crippen molar-refractivity contribution in [2.45, 2.75) is 6.61 Å². The molecule has 3 amide bonds. The van der Waals surface area contributed by atoms with Crippen LogP contribution in [0.15, 0.2) is 84.6 Å². The summed E-state index contributed by atoms with van der Waals surface area (Å²) in [6, 6.07) is 23.5. The molecule has 4 rings (SSSR count). The summed E-state index contributed by atoms with van der Waals surface area (Å²) in [6.07, 6.45) is 1.62. The van der Waals surface area contributed by atoms with Crippen LogP contribution in [0.1, 0.15) is 11.1 Å². The number of amides is 3. The standard InChI is InChI=1S/C24H20N2O4/c1-29-21-13-12-18(15-22(21)30-16-17-8-4-2-5-9-17)14-20-23(27)26(24(28)25-20)19-10-6-3-7-11-19/h2-15H,16H2,1H3,(H,25,28). The summed E-state index contributed by atoms with van der Waals surface area (Å²) >= 11 is 0. The highest BCUT2D eigenvalue weighted by atomic mass is 16.5. The lowest BCUT2D eigenvalue weighted by Crippen LogP contribution is -2.30. The van der Waals surface area contributed by atoms with Crippen LogP contribution in [0.25, 0.3) is 6.08 Å². The number of anilines is 1. The van der Waals surface area contributed by atoms with Gasteiger partial charge in [-0.25, -0.2) is 9.69 Å². The summed E-state index contributed by atoms with van der Waals surface area (Å²) in [6.45, 7) is 0.384. The van der Waals surface area contributed by atoms with Crippen LogP contribution in [0.2, 0.25) is 0 Å². The van der Waals surface area contributed by atoms with E-state index in [9.17, 15) is 9.59 Å². The summed E-state index contributed by atoms with van der Waals surface area (Å²) in [7, 11) is 1.57. The number of urea groups is 1. The average molecular weight is 400 g/mol. The van der Waals surface area contributed by atoms with Crippen molar-refractivity contribution < 1.29 is 19.1 Å². The Balaban J connectivity index is 1.57. The Hall–Kier alpha value is -4.06. The minimum absolute atomic E-state index is 0.197. The molecule has 0 aliphatic carbocycles. The third-order valence-electron chi connectivity index (χ3n) is 4.63. The van der Waals surface area contributed by atoms with E-state index in [1.807, 2.05) is 36.4 Å². The van der Waals surface area contributed by atoms with E-state index in [0.717, 1.165) is 10.5 Å². The number of imide groups is 1. The van der Waals surface area contributed by atoms with E-state index in [0.29, 0.717) is 29.4 Å². The quantitative estimate of drug-likeness (QED) is 0.493. The van der Waals surface area contributed by atoms with Crippen LogP contribution in [-0.4, -0.2) is 19.0 Å². The number of rotatable bonds is 6. The van der Waals surface area contributed by atoms with Crippen molar-refractivity contribution in [3.63, 3.8) is 0 Å². The summed E-state index contributed by atoms with van der Waals surface area (Å²) in [5.74, 6) is 0.724. The summed E-state index contributed by atoms with van der Waals surface area (Å²) in [5, 5.41) is 2.63. The van der Waals surface area contributed by atoms with Crippen LogP contribution in [0.3, 0.4) is 0 Å². The van der Waals surface area contributed by atoms with Gasteiger partial charge in [-0.1, -0.05) is 54.6 Å². The summed E-state index contributed by atoms with van der Waals surface area (Å²) in [5.41, 5.74) is 2.45. The third-order valence-corrected chi connectivity index (χ3v) is 4.63. The van der Waals surface area contributed by atoms with Gasteiger partial charge in [-0.2, -0.15) is 0 Å². The molecule has 0 unspecified atom stereocenters. The fraction of sp³-hybridized carbons (Fsp3) is 0.0833. The molecule has 30 heavy (non-hydrogen) atoms. The molecule has 0 aromatic heterocycles. The van der Waals surface area contributed by atoms with Crippen LogP contribution in [0.4, 0.5) is 10.5 Å². The molecule has 3 aromatic carbocycles. The van der Waals surface area contributed by atoms with E-state index in [1.54, 1.807) is 55.7 Å². The highest BCUT2D eigenvalue weighted by molar-refractivity contribution is 6.28. The maximum Gasteiger partial charge on any atom is 0.333 e. The first-order valence-corrected chi connectivity index (χ1v) is 9.42. The fourth-order valence-corrected chi connectivity index (χ4v) is 3.14. The first-order valence-electron chi connectivity index (χ1n) is 9.42. The fourth-order valence-electron chi connectivity index (χ4n) is 3.14. The van der Waals surface area contributed by atoms with Gasteiger partial charge in [-0.15, -0.1) is 0 Å². The Bertz CT molecular complexity index is 1090. The number of hydrogen-bond donors (Lipinski definition) is 1. The van der Waals surface area contributed by atoms with E-state index >= 15 is 0 Å². The number of carbonyl (C=O) groups is 2. The van der Waals surface area contributed by atoms with Crippen LogP contribution in [0, 0.1) is 0 Å². The number of carbonyl (C=O) groups excluding carboxylic acids is 2. The van der Waals surface area contributed by atoms with Gasteiger partial charge in [0.1, 0.15) is 12.3 Å². The lowest BCUT2D eigenvalue weighted by molar-refractivity contribution is -0.113. The van der Waals surface area contributed by atoms with Gasteiger partial charge in [0.25, 0.3) is 5.91 Å². The van der Waals surface area contributed by atoms with Crippen LogP contribution >= 0.6 is 0 Å². The Labute approximate surface area is 174 Å². The third kappa shape index (κ3) is 4.03. The van der Waals surface area contributed by atoms with Crippen molar-refractivity contribution in [2.75, 3.05) is 12.0 Å². The first-order chi connectivity index (χ1) is 14.7. The van der Waals surface area contributed by atoms with E-state index in [4.69, 9.17) is 9.47 Å². The number of ether oxygens (including phenoxy) is 2. The van der Waals surface area contributed by atoms with Crippen molar-refractivity contribution >= 4 is 23.7 Å². The van der Waals surface area contributed by atoms with Gasteiger partial charge in [0.05, 0.1) is 12.8 Å². The number of hydrogen-bond acceptors (Lipinski definition) is 4. The Morgan fingerprint density at radius 3 is 2.30 bits per heavy atom. The Kier molecular flexibility index (Phi) is 5.48. The Morgan fingerprint density at radius 2 is 1.60 bits per heavy atom. The molecule has 0 bridgehead atoms. The molecule has 0 saturated carbocycles. The summed E-state index contributed by atoms with van der Waals surface area (Å²) in [4.78, 5) is 26.2. The molecule has 1 N–H and O–H groups in total. The van der Waals surface area contributed by atoms with E-state index in [2.05, 4.69) is 5.32 Å². The van der Waals surface area contributed by atoms with E-state index in [1.165, 1.54) is 0 Å². The second-order valence-electron chi connectivity index (χ2n) is 6.65. The van der Waals surface area contributed by atoms with Gasteiger partial charge >= 0.3 is 6.03 Å². The van der Waals surface area contributed by atoms with Crippen molar-refractivity contribution in [1.82, 2.24) is 5.32 Å². The molecule has 3 aromatic rings. The monoisotopic (exact) mass is 400 g/mol. The number of para-hydroxylation sites is 1. The van der Waals surface area contributed by atoms with Gasteiger partial charge < -0.3 is 14.8 Å². The highest BCUT2D eigenvalue weighted by Gasteiger charge is 2.34. The maximum atomic E-state index is 12.8. The van der Waals surface area contributed by atoms with Gasteiger partial charge in [0.2, 0.25) is 0 Å². The second-order valence-corrected chi connectivity index (χ2v) is 6.65. The van der Waals surface area contributed by atoms with E-state index in [-0.39, 0.29) is 5.70 Å². The second kappa shape index (κ2) is 8.53. The molecular formula is C24H20N2O4. The van der Waals surface area contributed by atoms with Crippen molar-refractivity contribution in [2.24, 2.45) is 0 Å². The van der Waals surface area contributed by atoms with E-state index < -0.39 is 11.9 Å². The van der Waals surface area contributed by atoms with Crippen LogP contribution < -0.4 is 19.7 Å². The Morgan fingerprint density at radius 1 is 0.900 bits per heavy atom. The normalized spacial score (nSPS) is 14.7. The minimum atomic E-state index is -0.480. The number of methoxy groups -OCH3 is 1. The van der Waals surface area contributed by atoms with Crippen LogP contribution in [0.5, 0.6) is 11.5 Å². The smallest absolute Gasteiger partial charge is 0.333 e. The van der Waals surface area contributed by atoms with Gasteiger partial charge in [-0.3, -0.25) is 4.79 Å². The predicted molar refractivity (Wildman–Crippen MR) is 114 cm³/mol. The predicted octanol–water partition coefficient (Wildman–Crippen LogP) is 4.37. The lowest BCUT2D eigenvalue weighted by atomic mass is 10.1. The molecule has 0 radical (unpaired) electrons. The maximum absolute atomic E-state index is 12.8. The molecule has 1 heterocycles. The largest absolute Gasteiger partial charge is 0.493 e. The molecule has 6 heteroatoms. The molecular weight excluding hydrogens is 380 g/mol. The van der Waals surface area contributed by atoms with Crippen molar-refractivity contribution in [3.8, 4) is 11.5 Å². The molecule has 0 spiro atoms. The number of nitrogens with zero attached hydrogens (tertiary/aromatic N) is 1. The van der Waals surface area contributed by atoms with Crippen molar-refractivity contribution in [3.05, 3.63) is 95.7 Å². The zero-order valence-electron chi connectivity index (χ0n) is 16.4. The first kappa shape index (κ1) is 19.3. The molecule has 0 atom stereocenters. The zero-order chi connectivity index (χ0) is 20.9. The number of benzene rings is 3. The van der Waals surface area contributed by atoms with Crippen molar-refractivity contribution in [1.29, 1.82) is 0 Å². The molecule has 6 nitrogen and oxygen atoms in total. The lowest BCUT2D eigenvalue weighted by Gasteiger charge is -2.12. The zero-order valence-corrected chi connectivity index (χ0v) is 16.4. The van der Waals surface area contributed by atoms with Gasteiger partial charge in [-0.05, 0) is 41.5 Å². The number of nitrogens with one attached hydrogen (secondary N) is 1. The van der Waals surface area contributed by atoms with Gasteiger partial charge in [0.15, 0.2) is 11.5 Å². The van der Waals surface area contributed by atoms with Gasteiger partial charge in [0, 0.05) is 0 Å². The molecule has 1 aliphatic rings.